The van der Waals surface area contributed by atoms with E-state index in [0.29, 0.717) is 11.2 Å². The van der Waals surface area contributed by atoms with E-state index in [4.69, 9.17) is 5.11 Å². The van der Waals surface area contributed by atoms with Crippen molar-refractivity contribution in [2.45, 2.75) is 6.92 Å². The van der Waals surface area contributed by atoms with Gasteiger partial charge in [-0.3, -0.25) is 5.10 Å². The van der Waals surface area contributed by atoms with Crippen LogP contribution in [0.5, 0.6) is 0 Å². The first kappa shape index (κ1) is 12.9. The molecule has 0 amide bonds. The Morgan fingerprint density at radius 3 is 2.90 bits per heavy atom. The van der Waals surface area contributed by atoms with Gasteiger partial charge in [0.1, 0.15) is 0 Å². The van der Waals surface area contributed by atoms with Gasteiger partial charge in [0.2, 0.25) is 0 Å². The molecule has 0 spiro atoms. The van der Waals surface area contributed by atoms with Crippen molar-refractivity contribution in [1.29, 1.82) is 0 Å². The van der Waals surface area contributed by atoms with E-state index >= 15 is 0 Å². The molecule has 1 aromatic carbocycles. The molecule has 3 rings (SSSR count). The Bertz CT molecular complexity index is 901. The highest BCUT2D eigenvalue weighted by Gasteiger charge is 2.04. The van der Waals surface area contributed by atoms with Crippen LogP contribution < -0.4 is 0 Å². The SMILES string of the molecule is Cc1ccc(C(=O)O)cc1C#Cc1cnc2[nH]ncc2c1. The summed E-state index contributed by atoms with van der Waals surface area (Å²) in [4.78, 5) is 15.2. The van der Waals surface area contributed by atoms with Gasteiger partial charge in [0.15, 0.2) is 5.65 Å². The molecule has 0 saturated heterocycles. The minimum absolute atomic E-state index is 0.230. The molecule has 21 heavy (non-hydrogen) atoms. The largest absolute Gasteiger partial charge is 0.478 e. The van der Waals surface area contributed by atoms with Crippen molar-refractivity contribution in [2.24, 2.45) is 0 Å². The number of benzene rings is 1. The average molecular weight is 277 g/mol. The zero-order valence-electron chi connectivity index (χ0n) is 11.2. The van der Waals surface area contributed by atoms with Crippen molar-refractivity contribution in [2.75, 3.05) is 0 Å². The first-order valence-corrected chi connectivity index (χ1v) is 6.28. The number of aromatic nitrogens is 3. The third-order valence-corrected chi connectivity index (χ3v) is 3.12. The number of rotatable bonds is 1. The number of fused-ring (bicyclic) bond motifs is 1. The van der Waals surface area contributed by atoms with Gasteiger partial charge in [-0.2, -0.15) is 5.10 Å². The maximum atomic E-state index is 11.0. The number of carboxylic acids is 1. The molecule has 2 N–H and O–H groups in total. The van der Waals surface area contributed by atoms with Gasteiger partial charge in [0.25, 0.3) is 0 Å². The van der Waals surface area contributed by atoms with Gasteiger partial charge in [-0.05, 0) is 30.7 Å². The van der Waals surface area contributed by atoms with Gasteiger partial charge in [-0.25, -0.2) is 9.78 Å². The molecule has 0 unspecified atom stereocenters. The van der Waals surface area contributed by atoms with Gasteiger partial charge in [0.05, 0.1) is 11.8 Å². The second-order valence-electron chi connectivity index (χ2n) is 4.62. The number of H-pyrrole nitrogens is 1. The lowest BCUT2D eigenvalue weighted by atomic mass is 10.0. The van der Waals surface area contributed by atoms with Crippen molar-refractivity contribution < 1.29 is 9.90 Å². The van der Waals surface area contributed by atoms with Crippen LogP contribution in [0, 0.1) is 18.8 Å². The van der Waals surface area contributed by atoms with Crippen LogP contribution in [0.1, 0.15) is 27.0 Å². The van der Waals surface area contributed by atoms with Crippen LogP contribution in [0.4, 0.5) is 0 Å². The third-order valence-electron chi connectivity index (χ3n) is 3.12. The van der Waals surface area contributed by atoms with Crippen LogP contribution in [0.2, 0.25) is 0 Å². The van der Waals surface area contributed by atoms with E-state index < -0.39 is 5.97 Å². The van der Waals surface area contributed by atoms with E-state index in [1.54, 1.807) is 30.6 Å². The molecule has 0 aliphatic heterocycles. The summed E-state index contributed by atoms with van der Waals surface area (Å²) in [5, 5.41) is 16.6. The minimum Gasteiger partial charge on any atom is -0.478 e. The molecule has 0 radical (unpaired) electrons. The fourth-order valence-corrected chi connectivity index (χ4v) is 1.93. The topological polar surface area (TPSA) is 78.9 Å². The quantitative estimate of drug-likeness (QED) is 0.669. The molecule has 0 aliphatic rings. The molecule has 0 saturated carbocycles. The number of nitrogens with zero attached hydrogens (tertiary/aromatic N) is 2. The first-order valence-electron chi connectivity index (χ1n) is 6.28. The normalized spacial score (nSPS) is 10.1. The molecule has 2 heterocycles. The number of aryl methyl sites for hydroxylation is 1. The second kappa shape index (κ2) is 5.10. The van der Waals surface area contributed by atoms with Crippen molar-refractivity contribution in [3.05, 3.63) is 58.9 Å². The molecule has 0 bridgehead atoms. The highest BCUT2D eigenvalue weighted by Crippen LogP contribution is 2.12. The monoisotopic (exact) mass is 277 g/mol. The van der Waals surface area contributed by atoms with Crippen LogP contribution in [-0.2, 0) is 0 Å². The molecular formula is C16H11N3O2. The molecular weight excluding hydrogens is 266 g/mol. The molecule has 0 atom stereocenters. The summed E-state index contributed by atoms with van der Waals surface area (Å²) >= 11 is 0. The van der Waals surface area contributed by atoms with Crippen LogP contribution in [0.3, 0.4) is 0 Å². The van der Waals surface area contributed by atoms with E-state index in [-0.39, 0.29) is 5.56 Å². The van der Waals surface area contributed by atoms with Crippen molar-refractivity contribution in [3.8, 4) is 11.8 Å². The maximum Gasteiger partial charge on any atom is 0.335 e. The Morgan fingerprint density at radius 2 is 2.10 bits per heavy atom. The zero-order chi connectivity index (χ0) is 14.8. The minimum atomic E-state index is -0.959. The molecule has 3 aromatic rings. The van der Waals surface area contributed by atoms with Gasteiger partial charge in [-0.1, -0.05) is 17.9 Å². The summed E-state index contributed by atoms with van der Waals surface area (Å²) < 4.78 is 0. The lowest BCUT2D eigenvalue weighted by molar-refractivity contribution is 0.0697. The summed E-state index contributed by atoms with van der Waals surface area (Å²) in [6, 6.07) is 6.79. The standard InChI is InChI=1S/C16H11N3O2/c1-10-2-4-13(16(20)21)7-12(10)5-3-11-6-14-9-18-19-15(14)17-8-11/h2,4,6-9H,1H3,(H,20,21)(H,17,18,19). The highest BCUT2D eigenvalue weighted by molar-refractivity contribution is 5.88. The molecule has 102 valence electrons. The molecule has 5 heteroatoms. The number of aromatic carboxylic acids is 1. The zero-order valence-corrected chi connectivity index (χ0v) is 11.2. The van der Waals surface area contributed by atoms with E-state index in [1.807, 2.05) is 13.0 Å². The first-order chi connectivity index (χ1) is 10.1. The number of nitrogens with one attached hydrogen (secondary N) is 1. The summed E-state index contributed by atoms with van der Waals surface area (Å²) in [6.07, 6.45) is 3.34. The smallest absolute Gasteiger partial charge is 0.335 e. The maximum absolute atomic E-state index is 11.0. The Labute approximate surface area is 120 Å². The lowest BCUT2D eigenvalue weighted by Crippen LogP contribution is -1.97. The lowest BCUT2D eigenvalue weighted by Gasteiger charge is -2.00. The van der Waals surface area contributed by atoms with Gasteiger partial charge in [0, 0.05) is 22.7 Å². The third kappa shape index (κ3) is 2.60. The second-order valence-corrected chi connectivity index (χ2v) is 4.62. The predicted molar refractivity (Wildman–Crippen MR) is 78.0 cm³/mol. The van der Waals surface area contributed by atoms with Gasteiger partial charge < -0.3 is 5.11 Å². The van der Waals surface area contributed by atoms with Crippen molar-refractivity contribution in [3.63, 3.8) is 0 Å². The van der Waals surface area contributed by atoms with Gasteiger partial charge in [-0.15, -0.1) is 0 Å². The number of pyridine rings is 1. The van der Waals surface area contributed by atoms with Crippen molar-refractivity contribution >= 4 is 17.0 Å². The predicted octanol–water partition coefficient (Wildman–Crippen LogP) is 2.36. The van der Waals surface area contributed by atoms with Crippen LogP contribution in [-0.4, -0.2) is 26.3 Å². The van der Waals surface area contributed by atoms with E-state index in [0.717, 1.165) is 16.5 Å². The van der Waals surface area contributed by atoms with Crippen LogP contribution in [0.25, 0.3) is 11.0 Å². The summed E-state index contributed by atoms with van der Waals surface area (Å²) in [5.74, 6) is 5.04. The van der Waals surface area contributed by atoms with Crippen LogP contribution in [0.15, 0.2) is 36.7 Å². The van der Waals surface area contributed by atoms with E-state index in [9.17, 15) is 4.79 Å². The number of hydrogen-bond acceptors (Lipinski definition) is 3. The fourth-order valence-electron chi connectivity index (χ4n) is 1.93. The molecule has 0 aliphatic carbocycles. The number of carbonyl (C=O) groups is 1. The Hall–Kier alpha value is -3.13. The molecule has 0 fully saturated rings. The van der Waals surface area contributed by atoms with Gasteiger partial charge >= 0.3 is 5.97 Å². The number of carboxylic acid groups (broad SMARTS) is 1. The fraction of sp³-hybridized carbons (Fsp3) is 0.0625. The highest BCUT2D eigenvalue weighted by atomic mass is 16.4. The summed E-state index contributed by atoms with van der Waals surface area (Å²) in [5.41, 5.74) is 3.33. The van der Waals surface area contributed by atoms with E-state index in [2.05, 4.69) is 27.0 Å². The molecule has 2 aromatic heterocycles. The van der Waals surface area contributed by atoms with E-state index in [1.165, 1.54) is 0 Å². The average Bonchev–Trinajstić information content (AvgIpc) is 2.93. The van der Waals surface area contributed by atoms with Crippen LogP contribution >= 0.6 is 0 Å². The number of hydrogen-bond donors (Lipinski definition) is 2. The Balaban J connectivity index is 1.99. The summed E-state index contributed by atoms with van der Waals surface area (Å²) in [6.45, 7) is 1.90. The summed E-state index contributed by atoms with van der Waals surface area (Å²) in [7, 11) is 0. The molecule has 5 nitrogen and oxygen atoms in total. The Kier molecular flexibility index (Phi) is 3.13. The number of aromatic amines is 1. The van der Waals surface area contributed by atoms with Crippen molar-refractivity contribution in [1.82, 2.24) is 15.2 Å². The Morgan fingerprint density at radius 1 is 1.24 bits per heavy atom.